The average Bonchev–Trinajstić information content (AvgIpc) is 3.54. The third-order valence-electron chi connectivity index (χ3n) is 12.0. The van der Waals surface area contributed by atoms with Crippen molar-refractivity contribution in [3.8, 4) is 0 Å². The van der Waals surface area contributed by atoms with E-state index in [-0.39, 0.29) is 17.3 Å². The maximum Gasteiger partial charge on any atom is 0.397 e. The average molecular weight is 569 g/mol. The van der Waals surface area contributed by atoms with Crippen molar-refractivity contribution in [2.24, 2.45) is 52.3 Å². The minimum atomic E-state index is -4.81. The standard InChI is InChI=1S/C30H48O8S/c1-15(2)16(3)26-27(37-26)17(4)20-10-11-21-19-8-9-23-28(38-39(33,34)35)25(32)24(36-18(5)31)14-30(23,7)22(19)12-13-29(20,21)6/h8,15-17,20-28,32H,9-14H2,1-7H3,(H,33,34,35)/t16-,17-,20+,21-,22-,23?,24+,25-,26-,27-,28-,29+,30+/m0/s1. The van der Waals surface area contributed by atoms with Crippen molar-refractivity contribution in [1.29, 1.82) is 0 Å². The molecule has 2 N–H and O–H groups in total. The second-order valence-corrected chi connectivity index (χ2v) is 15.3. The number of aliphatic hydroxyl groups excluding tert-OH is 1. The lowest BCUT2D eigenvalue weighted by molar-refractivity contribution is -0.189. The largest absolute Gasteiger partial charge is 0.460 e. The van der Waals surface area contributed by atoms with Gasteiger partial charge in [-0.3, -0.25) is 9.35 Å². The van der Waals surface area contributed by atoms with E-state index in [1.54, 1.807) is 0 Å². The van der Waals surface area contributed by atoms with Crippen molar-refractivity contribution in [3.63, 3.8) is 0 Å². The first-order valence-corrected chi connectivity index (χ1v) is 16.3. The molecule has 4 fully saturated rings. The number of esters is 1. The van der Waals surface area contributed by atoms with Gasteiger partial charge in [0.15, 0.2) is 0 Å². The summed E-state index contributed by atoms with van der Waals surface area (Å²) in [5.41, 5.74) is 1.18. The molecule has 222 valence electrons. The number of carbonyl (C=O) groups excluding carboxylic acids is 1. The molecule has 5 rings (SSSR count). The number of fused-ring (bicyclic) bond motifs is 5. The molecule has 1 unspecified atom stereocenters. The van der Waals surface area contributed by atoms with Crippen LogP contribution in [0, 0.1) is 52.3 Å². The molecule has 0 aromatic carbocycles. The van der Waals surface area contributed by atoms with Crippen LogP contribution in [0.5, 0.6) is 0 Å². The van der Waals surface area contributed by atoms with Crippen molar-refractivity contribution < 1.29 is 36.5 Å². The van der Waals surface area contributed by atoms with Crippen LogP contribution in [0.3, 0.4) is 0 Å². The van der Waals surface area contributed by atoms with E-state index in [4.69, 9.17) is 13.7 Å². The van der Waals surface area contributed by atoms with E-state index >= 15 is 0 Å². The van der Waals surface area contributed by atoms with Gasteiger partial charge in [-0.05, 0) is 90.8 Å². The molecule has 9 heteroatoms. The molecule has 0 aromatic heterocycles. The molecule has 13 atom stereocenters. The molecule has 0 amide bonds. The van der Waals surface area contributed by atoms with E-state index in [0.29, 0.717) is 54.6 Å². The van der Waals surface area contributed by atoms with Gasteiger partial charge in [-0.25, -0.2) is 4.18 Å². The van der Waals surface area contributed by atoms with Gasteiger partial charge in [-0.2, -0.15) is 8.42 Å². The molecule has 1 aliphatic heterocycles. The summed E-state index contributed by atoms with van der Waals surface area (Å²) in [6.45, 7) is 15.1. The summed E-state index contributed by atoms with van der Waals surface area (Å²) in [5.74, 6) is 2.01. The summed E-state index contributed by atoms with van der Waals surface area (Å²) in [6.07, 6.45) is 4.88. The second kappa shape index (κ2) is 10.1. The molecule has 4 aliphatic carbocycles. The number of rotatable bonds is 7. The number of hydrogen-bond acceptors (Lipinski definition) is 7. The Morgan fingerprint density at radius 2 is 1.74 bits per heavy atom. The molecule has 39 heavy (non-hydrogen) atoms. The Morgan fingerprint density at radius 3 is 2.36 bits per heavy atom. The van der Waals surface area contributed by atoms with Crippen LogP contribution in [-0.2, 0) is 28.9 Å². The summed E-state index contributed by atoms with van der Waals surface area (Å²) >= 11 is 0. The maximum absolute atomic E-state index is 11.9. The molecule has 0 spiro atoms. The lowest BCUT2D eigenvalue weighted by Crippen LogP contribution is -2.61. The molecule has 0 aromatic rings. The Morgan fingerprint density at radius 1 is 1.08 bits per heavy atom. The van der Waals surface area contributed by atoms with E-state index in [0.717, 1.165) is 19.3 Å². The van der Waals surface area contributed by atoms with Crippen molar-refractivity contribution in [1.82, 2.24) is 0 Å². The summed E-state index contributed by atoms with van der Waals surface area (Å²) < 4.78 is 50.0. The van der Waals surface area contributed by atoms with Gasteiger partial charge < -0.3 is 14.6 Å². The third kappa shape index (κ3) is 5.02. The van der Waals surface area contributed by atoms with E-state index in [1.807, 2.05) is 0 Å². The molecule has 0 radical (unpaired) electrons. The molecule has 5 aliphatic rings. The predicted molar refractivity (Wildman–Crippen MR) is 146 cm³/mol. The van der Waals surface area contributed by atoms with Gasteiger partial charge in [0, 0.05) is 6.92 Å². The smallest absolute Gasteiger partial charge is 0.397 e. The minimum absolute atomic E-state index is 0.173. The zero-order chi connectivity index (χ0) is 28.7. The van der Waals surface area contributed by atoms with Crippen LogP contribution in [0.2, 0.25) is 0 Å². The fraction of sp³-hybridized carbons (Fsp3) is 0.900. The van der Waals surface area contributed by atoms with E-state index in [1.165, 1.54) is 18.9 Å². The molecular weight excluding hydrogens is 520 g/mol. The Bertz CT molecular complexity index is 1100. The van der Waals surface area contributed by atoms with Crippen LogP contribution in [-0.4, -0.2) is 54.6 Å². The number of epoxide rings is 1. The van der Waals surface area contributed by atoms with Crippen molar-refractivity contribution in [2.75, 3.05) is 0 Å². The third-order valence-corrected chi connectivity index (χ3v) is 12.5. The van der Waals surface area contributed by atoms with Gasteiger partial charge in [0.05, 0.1) is 12.2 Å². The Hall–Kier alpha value is -1.00. The zero-order valence-corrected chi connectivity index (χ0v) is 25.3. The number of ether oxygens (including phenoxy) is 2. The topological polar surface area (TPSA) is 123 Å². The first-order valence-electron chi connectivity index (χ1n) is 14.9. The molecule has 1 heterocycles. The number of aliphatic hydroxyl groups is 1. The highest BCUT2D eigenvalue weighted by Crippen LogP contribution is 2.68. The Balaban J connectivity index is 1.41. The van der Waals surface area contributed by atoms with Crippen LogP contribution in [0.4, 0.5) is 0 Å². The van der Waals surface area contributed by atoms with E-state index in [2.05, 4.69) is 47.6 Å². The molecule has 0 bridgehead atoms. The number of carbonyl (C=O) groups is 1. The van der Waals surface area contributed by atoms with Crippen molar-refractivity contribution >= 4 is 16.4 Å². The lowest BCUT2D eigenvalue weighted by atomic mass is 9.47. The highest BCUT2D eigenvalue weighted by Gasteiger charge is 2.63. The Labute approximate surface area is 234 Å². The minimum Gasteiger partial charge on any atom is -0.460 e. The summed E-state index contributed by atoms with van der Waals surface area (Å²) in [4.78, 5) is 11.9. The van der Waals surface area contributed by atoms with Gasteiger partial charge in [-0.1, -0.05) is 53.2 Å². The number of hydrogen-bond donors (Lipinski definition) is 2. The van der Waals surface area contributed by atoms with Gasteiger partial charge >= 0.3 is 16.4 Å². The molecule has 8 nitrogen and oxygen atoms in total. The molecule has 1 saturated heterocycles. The molecular formula is C30H48O8S. The zero-order valence-electron chi connectivity index (χ0n) is 24.5. The second-order valence-electron chi connectivity index (χ2n) is 14.2. The quantitative estimate of drug-likeness (QED) is 0.191. The Kier molecular flexibility index (Phi) is 7.62. The summed E-state index contributed by atoms with van der Waals surface area (Å²) in [5, 5.41) is 11.0. The fourth-order valence-corrected chi connectivity index (χ4v) is 10.2. The molecule has 3 saturated carbocycles. The maximum atomic E-state index is 11.9. The van der Waals surface area contributed by atoms with E-state index < -0.39 is 40.1 Å². The van der Waals surface area contributed by atoms with Crippen LogP contribution >= 0.6 is 0 Å². The fourth-order valence-electron chi connectivity index (χ4n) is 9.67. The highest BCUT2D eigenvalue weighted by molar-refractivity contribution is 7.80. The van der Waals surface area contributed by atoms with Crippen LogP contribution < -0.4 is 0 Å². The number of allylic oxidation sites excluding steroid dienone is 2. The first-order chi connectivity index (χ1) is 18.1. The highest BCUT2D eigenvalue weighted by atomic mass is 32.3. The van der Waals surface area contributed by atoms with Gasteiger partial charge in [-0.15, -0.1) is 0 Å². The SMILES string of the molecule is CC(=O)O[C@@H]1C[C@@]2(C)C(CC=C3[C@@H]4CC[C@H]([C@H](C)[C@@H]5O[C@H]5[C@@H](C)C(C)C)[C@@]4(C)CC[C@@H]32)[C@H](OS(=O)(=O)O)[C@H]1O. The van der Waals surface area contributed by atoms with Gasteiger partial charge in [0.1, 0.15) is 18.3 Å². The van der Waals surface area contributed by atoms with Crippen LogP contribution in [0.1, 0.15) is 87.0 Å². The van der Waals surface area contributed by atoms with Crippen LogP contribution in [0.15, 0.2) is 11.6 Å². The van der Waals surface area contributed by atoms with Crippen molar-refractivity contribution in [2.45, 2.75) is 118 Å². The normalized spacial score (nSPS) is 46.9. The summed E-state index contributed by atoms with van der Waals surface area (Å²) in [7, 11) is -4.81. The van der Waals surface area contributed by atoms with Gasteiger partial charge in [0.25, 0.3) is 0 Å². The van der Waals surface area contributed by atoms with Crippen LogP contribution in [0.25, 0.3) is 0 Å². The monoisotopic (exact) mass is 568 g/mol. The van der Waals surface area contributed by atoms with Gasteiger partial charge in [0.2, 0.25) is 0 Å². The van der Waals surface area contributed by atoms with Crippen molar-refractivity contribution in [3.05, 3.63) is 11.6 Å². The first kappa shape index (κ1) is 29.5. The summed E-state index contributed by atoms with van der Waals surface area (Å²) in [6, 6.07) is 0. The predicted octanol–water partition coefficient (Wildman–Crippen LogP) is 4.96. The van der Waals surface area contributed by atoms with E-state index in [9.17, 15) is 22.9 Å². The lowest BCUT2D eigenvalue weighted by Gasteiger charge is -2.59.